The van der Waals surface area contributed by atoms with Crippen molar-refractivity contribution in [3.05, 3.63) is 0 Å². The van der Waals surface area contributed by atoms with Gasteiger partial charge in [-0.1, -0.05) is 41.7 Å². The SMILES string of the molecule is CCC(=O)OOC(=O)C(Cl)(Cl)Cl. The molecule has 12 heavy (non-hydrogen) atoms. The van der Waals surface area contributed by atoms with Crippen LogP contribution in [0.1, 0.15) is 13.3 Å². The van der Waals surface area contributed by atoms with E-state index < -0.39 is 15.7 Å². The van der Waals surface area contributed by atoms with Crippen LogP contribution in [0, 0.1) is 0 Å². The van der Waals surface area contributed by atoms with E-state index >= 15 is 0 Å². The highest BCUT2D eigenvalue weighted by Crippen LogP contribution is 2.27. The standard InChI is InChI=1S/C5H5Cl3O4/c1-2-3(9)11-12-4(10)5(6,7)8/h2H2,1H3. The summed E-state index contributed by atoms with van der Waals surface area (Å²) in [6.45, 7) is 1.52. The largest absolute Gasteiger partial charge is 0.406 e. The second-order valence-electron chi connectivity index (χ2n) is 1.68. The summed E-state index contributed by atoms with van der Waals surface area (Å²) in [5, 5.41) is 0. The van der Waals surface area contributed by atoms with Gasteiger partial charge in [0.05, 0.1) is 0 Å². The van der Waals surface area contributed by atoms with Crippen molar-refractivity contribution in [2.45, 2.75) is 17.1 Å². The highest BCUT2D eigenvalue weighted by atomic mass is 35.6. The molecule has 4 nitrogen and oxygen atoms in total. The molecular weight excluding hydrogens is 230 g/mol. The van der Waals surface area contributed by atoms with Crippen molar-refractivity contribution in [1.29, 1.82) is 0 Å². The summed E-state index contributed by atoms with van der Waals surface area (Å²) < 4.78 is -2.23. The van der Waals surface area contributed by atoms with Gasteiger partial charge in [-0.15, -0.1) is 0 Å². The number of hydrogen-bond acceptors (Lipinski definition) is 4. The Balaban J connectivity index is 3.81. The highest BCUT2D eigenvalue weighted by Gasteiger charge is 2.34. The van der Waals surface area contributed by atoms with Crippen molar-refractivity contribution >= 4 is 46.7 Å². The van der Waals surface area contributed by atoms with Crippen LogP contribution < -0.4 is 0 Å². The second-order valence-corrected chi connectivity index (χ2v) is 3.96. The Labute approximate surface area is 83.6 Å². The predicted molar refractivity (Wildman–Crippen MR) is 42.8 cm³/mol. The number of halogens is 3. The smallest absolute Gasteiger partial charge is 0.247 e. The van der Waals surface area contributed by atoms with Gasteiger partial charge in [-0.2, -0.15) is 0 Å². The molecule has 0 atom stereocenters. The molecule has 7 heteroatoms. The number of rotatable bonds is 1. The average Bonchev–Trinajstić information content (AvgIpc) is 1.97. The molecule has 0 aromatic carbocycles. The monoisotopic (exact) mass is 234 g/mol. The highest BCUT2D eigenvalue weighted by molar-refractivity contribution is 6.75. The van der Waals surface area contributed by atoms with E-state index in [1.54, 1.807) is 0 Å². The molecule has 0 saturated heterocycles. The summed E-state index contributed by atoms with van der Waals surface area (Å²) in [5.74, 6) is -1.98. The molecule has 0 radical (unpaired) electrons. The van der Waals surface area contributed by atoms with Crippen LogP contribution in [0.4, 0.5) is 0 Å². The van der Waals surface area contributed by atoms with Gasteiger partial charge in [-0.05, 0) is 0 Å². The maximum absolute atomic E-state index is 10.6. The third kappa shape index (κ3) is 4.64. The Kier molecular flexibility index (Phi) is 4.67. The first-order valence-electron chi connectivity index (χ1n) is 2.86. The van der Waals surface area contributed by atoms with Gasteiger partial charge in [0.2, 0.25) is 0 Å². The fraction of sp³-hybridized carbons (Fsp3) is 0.600. The third-order valence-electron chi connectivity index (χ3n) is 0.730. The van der Waals surface area contributed by atoms with Crippen LogP contribution >= 0.6 is 34.8 Å². The molecule has 0 bridgehead atoms. The average molecular weight is 235 g/mol. The molecule has 0 spiro atoms. The van der Waals surface area contributed by atoms with Crippen molar-refractivity contribution < 1.29 is 19.4 Å². The van der Waals surface area contributed by atoms with Crippen LogP contribution in [0.25, 0.3) is 0 Å². The van der Waals surface area contributed by atoms with Gasteiger partial charge in [0, 0.05) is 6.42 Å². The minimum atomic E-state index is -2.23. The zero-order valence-corrected chi connectivity index (χ0v) is 8.24. The summed E-state index contributed by atoms with van der Waals surface area (Å²) >= 11 is 15.2. The lowest BCUT2D eigenvalue weighted by Crippen LogP contribution is -2.23. The molecule has 0 aromatic heterocycles. The van der Waals surface area contributed by atoms with Crippen molar-refractivity contribution in [2.24, 2.45) is 0 Å². The Morgan fingerprint density at radius 1 is 1.25 bits per heavy atom. The van der Waals surface area contributed by atoms with Crippen molar-refractivity contribution in [3.8, 4) is 0 Å². The van der Waals surface area contributed by atoms with Crippen LogP contribution in [0.5, 0.6) is 0 Å². The molecule has 0 fully saturated rings. The third-order valence-corrected chi connectivity index (χ3v) is 1.19. The van der Waals surface area contributed by atoms with E-state index in [1.165, 1.54) is 6.92 Å². The van der Waals surface area contributed by atoms with Gasteiger partial charge in [0.25, 0.3) is 3.79 Å². The van der Waals surface area contributed by atoms with E-state index in [9.17, 15) is 9.59 Å². The molecule has 0 unspecified atom stereocenters. The topological polar surface area (TPSA) is 52.6 Å². The lowest BCUT2D eigenvalue weighted by Gasteiger charge is -2.07. The number of carbonyl (C=O) groups excluding carboxylic acids is 2. The molecule has 70 valence electrons. The zero-order valence-electron chi connectivity index (χ0n) is 5.97. The fourth-order valence-electron chi connectivity index (χ4n) is 0.190. The molecule has 0 aliphatic carbocycles. The van der Waals surface area contributed by atoms with Crippen molar-refractivity contribution in [1.82, 2.24) is 0 Å². The zero-order chi connectivity index (χ0) is 9.78. The number of carbonyl (C=O) groups is 2. The van der Waals surface area contributed by atoms with Crippen LogP contribution in [0.3, 0.4) is 0 Å². The first-order valence-corrected chi connectivity index (χ1v) is 3.99. The van der Waals surface area contributed by atoms with Crippen molar-refractivity contribution in [3.63, 3.8) is 0 Å². The first-order chi connectivity index (χ1) is 5.38. The van der Waals surface area contributed by atoms with Gasteiger partial charge < -0.3 is 0 Å². The van der Waals surface area contributed by atoms with Gasteiger partial charge >= 0.3 is 11.9 Å². The second kappa shape index (κ2) is 4.74. The van der Waals surface area contributed by atoms with Crippen LogP contribution in [0.15, 0.2) is 0 Å². The molecule has 0 aliphatic heterocycles. The maximum Gasteiger partial charge on any atom is 0.406 e. The Hall–Kier alpha value is -0.190. The minimum Gasteiger partial charge on any atom is -0.247 e. The van der Waals surface area contributed by atoms with E-state index in [0.29, 0.717) is 0 Å². The summed E-state index contributed by atoms with van der Waals surface area (Å²) in [4.78, 5) is 28.8. The molecule has 0 aromatic rings. The summed E-state index contributed by atoms with van der Waals surface area (Å²) in [7, 11) is 0. The normalized spacial score (nSPS) is 10.7. The first kappa shape index (κ1) is 11.8. The summed E-state index contributed by atoms with van der Waals surface area (Å²) in [6.07, 6.45) is 0.0626. The molecule has 0 rings (SSSR count). The quantitative estimate of drug-likeness (QED) is 0.395. The van der Waals surface area contributed by atoms with Gasteiger partial charge in [0.15, 0.2) is 0 Å². The molecule has 0 aliphatic rings. The maximum atomic E-state index is 10.6. The predicted octanol–water partition coefficient (Wildman–Crippen LogP) is 1.77. The van der Waals surface area contributed by atoms with Crippen LogP contribution in [-0.4, -0.2) is 15.7 Å². The Morgan fingerprint density at radius 2 is 1.75 bits per heavy atom. The number of alkyl halides is 3. The lowest BCUT2D eigenvalue weighted by atomic mass is 10.5. The van der Waals surface area contributed by atoms with E-state index in [4.69, 9.17) is 34.8 Å². The molecule has 0 heterocycles. The van der Waals surface area contributed by atoms with E-state index in [-0.39, 0.29) is 6.42 Å². The molecule has 0 N–H and O–H groups in total. The molecule has 0 saturated carbocycles. The van der Waals surface area contributed by atoms with E-state index in [2.05, 4.69) is 9.78 Å². The van der Waals surface area contributed by atoms with Gasteiger partial charge in [0.1, 0.15) is 0 Å². The van der Waals surface area contributed by atoms with Crippen LogP contribution in [-0.2, 0) is 19.4 Å². The Bertz CT molecular complexity index is 186. The van der Waals surface area contributed by atoms with Crippen LogP contribution in [0.2, 0.25) is 0 Å². The van der Waals surface area contributed by atoms with Gasteiger partial charge in [-0.3, -0.25) is 0 Å². The fourth-order valence-corrected chi connectivity index (χ4v) is 0.285. The van der Waals surface area contributed by atoms with Gasteiger partial charge in [-0.25, -0.2) is 19.4 Å². The minimum absolute atomic E-state index is 0.0626. The molecule has 0 amide bonds. The van der Waals surface area contributed by atoms with Crippen molar-refractivity contribution in [2.75, 3.05) is 0 Å². The van der Waals surface area contributed by atoms with E-state index in [0.717, 1.165) is 0 Å². The summed E-state index contributed by atoms with van der Waals surface area (Å²) in [6, 6.07) is 0. The number of hydrogen-bond donors (Lipinski definition) is 0. The molecular formula is C5H5Cl3O4. The Morgan fingerprint density at radius 3 is 2.08 bits per heavy atom. The van der Waals surface area contributed by atoms with E-state index in [1.807, 2.05) is 0 Å². The summed E-state index contributed by atoms with van der Waals surface area (Å²) in [5.41, 5.74) is 0. The lowest BCUT2D eigenvalue weighted by molar-refractivity contribution is -0.258.